The van der Waals surface area contributed by atoms with Crippen molar-refractivity contribution in [3.63, 3.8) is 0 Å². The number of carbonyl (C=O) groups excluding carboxylic acids is 1. The molecule has 0 radical (unpaired) electrons. The number of carbonyl (C=O) groups is 1. The lowest BCUT2D eigenvalue weighted by atomic mass is 9.97. The Morgan fingerprint density at radius 1 is 0.427 bits per heavy atom. The molecular formula is C68H125NO13. The lowest BCUT2D eigenvalue weighted by Gasteiger charge is -2.46. The molecule has 0 aliphatic carbocycles. The summed E-state index contributed by atoms with van der Waals surface area (Å²) in [5.74, 6) is -0.260. The predicted molar refractivity (Wildman–Crippen MR) is 332 cm³/mol. The average Bonchev–Trinajstić information content (AvgIpc) is 3.53. The minimum Gasteiger partial charge on any atom is -0.394 e. The third-order valence-corrected chi connectivity index (χ3v) is 16.5. The summed E-state index contributed by atoms with van der Waals surface area (Å²) in [5, 5.41) is 87.2. The third-order valence-electron chi connectivity index (χ3n) is 16.5. The van der Waals surface area contributed by atoms with Gasteiger partial charge in [0, 0.05) is 6.42 Å². The molecule has 2 saturated heterocycles. The molecule has 480 valence electrons. The van der Waals surface area contributed by atoms with Crippen LogP contribution in [0.4, 0.5) is 0 Å². The van der Waals surface area contributed by atoms with E-state index in [0.29, 0.717) is 12.8 Å². The molecule has 82 heavy (non-hydrogen) atoms. The lowest BCUT2D eigenvalue weighted by Crippen LogP contribution is -2.65. The molecular weight excluding hydrogens is 1040 g/mol. The molecule has 0 spiro atoms. The van der Waals surface area contributed by atoms with Crippen LogP contribution in [0.3, 0.4) is 0 Å². The van der Waals surface area contributed by atoms with Crippen molar-refractivity contribution in [1.29, 1.82) is 0 Å². The van der Waals surface area contributed by atoms with Gasteiger partial charge in [-0.1, -0.05) is 255 Å². The van der Waals surface area contributed by atoms with Crippen molar-refractivity contribution < 1.29 is 64.6 Å². The molecule has 14 nitrogen and oxygen atoms in total. The third kappa shape index (κ3) is 37.5. The molecule has 0 bridgehead atoms. The highest BCUT2D eigenvalue weighted by molar-refractivity contribution is 5.76. The van der Waals surface area contributed by atoms with E-state index in [1.54, 1.807) is 6.08 Å². The summed E-state index contributed by atoms with van der Waals surface area (Å²) in [6, 6.07) is -0.944. The number of hydrogen-bond acceptors (Lipinski definition) is 13. The highest BCUT2D eigenvalue weighted by Crippen LogP contribution is 2.30. The molecule has 12 unspecified atom stereocenters. The van der Waals surface area contributed by atoms with Gasteiger partial charge in [0.2, 0.25) is 5.91 Å². The van der Waals surface area contributed by atoms with E-state index in [9.17, 15) is 45.6 Å². The van der Waals surface area contributed by atoms with Crippen LogP contribution in [-0.2, 0) is 23.7 Å². The molecule has 2 aliphatic rings. The van der Waals surface area contributed by atoms with Gasteiger partial charge in [0.25, 0.3) is 0 Å². The standard InChI is InChI=1S/C68H125NO13/c1-3-5-7-9-11-13-15-17-19-21-22-23-24-25-26-27-28-29-30-31-32-33-34-35-36-37-39-41-43-45-47-49-51-57(72)56(69-60(73)52-50-48-46-44-42-40-38-20-18-16-14-12-10-8-6-4-2)55-79-67-65(78)63(76)66(59(54-71)81-67)82-68-64(77)62(75)61(74)58(53-70)80-68/h20,35-36,38,41,43,49,51,56-59,61-68,70-72,74-78H,3-19,21-34,37,39-40,42,44-48,50,52-55H2,1-2H3,(H,69,73)/b36-35+,38-20-,43-41+,51-49+. The van der Waals surface area contributed by atoms with Gasteiger partial charge in [-0.25, -0.2) is 0 Å². The Labute approximate surface area is 499 Å². The van der Waals surface area contributed by atoms with E-state index in [-0.39, 0.29) is 18.9 Å². The summed E-state index contributed by atoms with van der Waals surface area (Å²) in [7, 11) is 0. The first kappa shape index (κ1) is 76.0. The summed E-state index contributed by atoms with van der Waals surface area (Å²) >= 11 is 0. The highest BCUT2D eigenvalue weighted by atomic mass is 16.7. The fraction of sp³-hybridized carbons (Fsp3) is 0.868. The normalized spacial score (nSPS) is 24.2. The van der Waals surface area contributed by atoms with Gasteiger partial charge in [-0.05, 0) is 70.6 Å². The van der Waals surface area contributed by atoms with Crippen LogP contribution in [0.15, 0.2) is 48.6 Å². The number of amides is 1. The smallest absolute Gasteiger partial charge is 0.220 e. The van der Waals surface area contributed by atoms with Crippen LogP contribution in [0.25, 0.3) is 0 Å². The molecule has 2 aliphatic heterocycles. The predicted octanol–water partition coefficient (Wildman–Crippen LogP) is 13.1. The van der Waals surface area contributed by atoms with Crippen LogP contribution in [0.1, 0.15) is 284 Å². The number of ether oxygens (including phenoxy) is 4. The van der Waals surface area contributed by atoms with E-state index in [0.717, 1.165) is 64.2 Å². The van der Waals surface area contributed by atoms with Crippen molar-refractivity contribution in [3.05, 3.63) is 48.6 Å². The van der Waals surface area contributed by atoms with Gasteiger partial charge in [0.05, 0.1) is 32.0 Å². The van der Waals surface area contributed by atoms with Gasteiger partial charge in [-0.3, -0.25) is 4.79 Å². The fourth-order valence-electron chi connectivity index (χ4n) is 11.0. The average molecular weight is 1160 g/mol. The van der Waals surface area contributed by atoms with Gasteiger partial charge in [0.1, 0.15) is 48.8 Å². The summed E-state index contributed by atoms with van der Waals surface area (Å²) in [6.07, 6.45) is 51.8. The maximum Gasteiger partial charge on any atom is 0.220 e. The lowest BCUT2D eigenvalue weighted by molar-refractivity contribution is -0.359. The maximum atomic E-state index is 13.3. The zero-order chi connectivity index (χ0) is 59.5. The van der Waals surface area contributed by atoms with Crippen LogP contribution < -0.4 is 5.32 Å². The van der Waals surface area contributed by atoms with Gasteiger partial charge >= 0.3 is 0 Å². The number of hydrogen-bond donors (Lipinski definition) is 9. The van der Waals surface area contributed by atoms with Crippen molar-refractivity contribution >= 4 is 5.91 Å². The van der Waals surface area contributed by atoms with Crippen molar-refractivity contribution in [2.24, 2.45) is 0 Å². The number of aliphatic hydroxyl groups is 8. The first-order valence-corrected chi connectivity index (χ1v) is 33.9. The van der Waals surface area contributed by atoms with E-state index < -0.39 is 86.8 Å². The number of unbranched alkanes of at least 4 members (excludes halogenated alkanes) is 36. The van der Waals surface area contributed by atoms with E-state index in [2.05, 4.69) is 55.6 Å². The van der Waals surface area contributed by atoms with Crippen LogP contribution in [0, 0.1) is 0 Å². The summed E-state index contributed by atoms with van der Waals surface area (Å²) in [5.41, 5.74) is 0. The molecule has 2 heterocycles. The Balaban J connectivity index is 1.69. The van der Waals surface area contributed by atoms with Crippen molar-refractivity contribution in [2.45, 2.75) is 357 Å². The Kier molecular flexibility index (Phi) is 49.3. The van der Waals surface area contributed by atoms with E-state index in [4.69, 9.17) is 18.9 Å². The second-order valence-electron chi connectivity index (χ2n) is 23.9. The number of nitrogens with one attached hydrogen (secondary N) is 1. The van der Waals surface area contributed by atoms with Gasteiger partial charge in [-0.15, -0.1) is 0 Å². The fourth-order valence-corrected chi connectivity index (χ4v) is 11.0. The summed E-state index contributed by atoms with van der Waals surface area (Å²) in [4.78, 5) is 13.3. The minimum absolute atomic E-state index is 0.260. The maximum absolute atomic E-state index is 13.3. The molecule has 9 N–H and O–H groups in total. The SMILES string of the molecule is CCCCCCCCC/C=C\CCCCCCCC(=O)NC(COC1OC(CO)C(OC2OC(CO)C(O)C(O)C2O)C(O)C1O)C(O)/C=C/CC/C=C/CC/C=C/CCCCCCCCCCCCCCCCCCCCCCCC. The van der Waals surface area contributed by atoms with E-state index in [1.165, 1.54) is 186 Å². The van der Waals surface area contributed by atoms with Crippen LogP contribution in [0.5, 0.6) is 0 Å². The van der Waals surface area contributed by atoms with E-state index >= 15 is 0 Å². The van der Waals surface area contributed by atoms with Crippen LogP contribution in [0.2, 0.25) is 0 Å². The Bertz CT molecular complexity index is 1560. The van der Waals surface area contributed by atoms with Crippen LogP contribution >= 0.6 is 0 Å². The molecule has 1 amide bonds. The Hall–Kier alpha value is -2.05. The molecule has 2 rings (SSSR count). The van der Waals surface area contributed by atoms with Gasteiger partial charge < -0.3 is 65.1 Å². The Morgan fingerprint density at radius 3 is 1.20 bits per heavy atom. The van der Waals surface area contributed by atoms with Crippen LogP contribution in [-0.4, -0.2) is 140 Å². The van der Waals surface area contributed by atoms with Gasteiger partial charge in [0.15, 0.2) is 12.6 Å². The largest absolute Gasteiger partial charge is 0.394 e. The van der Waals surface area contributed by atoms with Crippen molar-refractivity contribution in [1.82, 2.24) is 5.32 Å². The zero-order valence-electron chi connectivity index (χ0n) is 52.0. The summed E-state index contributed by atoms with van der Waals surface area (Å²) < 4.78 is 22.8. The number of allylic oxidation sites excluding steroid dienone is 7. The molecule has 14 heteroatoms. The van der Waals surface area contributed by atoms with E-state index in [1.807, 2.05) is 6.08 Å². The number of rotatable bonds is 55. The Morgan fingerprint density at radius 2 is 0.780 bits per heavy atom. The molecule has 0 aromatic heterocycles. The quantitative estimate of drug-likeness (QED) is 0.0204. The number of aliphatic hydroxyl groups excluding tert-OH is 8. The monoisotopic (exact) mass is 1160 g/mol. The molecule has 0 aromatic rings. The van der Waals surface area contributed by atoms with Crippen molar-refractivity contribution in [2.75, 3.05) is 19.8 Å². The van der Waals surface area contributed by atoms with Crippen molar-refractivity contribution in [3.8, 4) is 0 Å². The molecule has 0 saturated carbocycles. The highest BCUT2D eigenvalue weighted by Gasteiger charge is 2.51. The second-order valence-corrected chi connectivity index (χ2v) is 23.9. The molecule has 0 aromatic carbocycles. The molecule has 2 fully saturated rings. The first-order valence-electron chi connectivity index (χ1n) is 33.9. The first-order chi connectivity index (χ1) is 40.1. The summed E-state index contributed by atoms with van der Waals surface area (Å²) in [6.45, 7) is 2.79. The zero-order valence-corrected chi connectivity index (χ0v) is 52.0. The topological polar surface area (TPSA) is 228 Å². The molecule has 12 atom stereocenters. The second kappa shape index (κ2) is 53.2. The minimum atomic E-state index is -1.79. The van der Waals surface area contributed by atoms with Gasteiger partial charge in [-0.2, -0.15) is 0 Å².